The highest BCUT2D eigenvalue weighted by molar-refractivity contribution is 7.89. The summed E-state index contributed by atoms with van der Waals surface area (Å²) >= 11 is 0. The van der Waals surface area contributed by atoms with Gasteiger partial charge in [-0.1, -0.05) is 29.8 Å². The lowest BCUT2D eigenvalue weighted by atomic mass is 10.2. The molecule has 0 radical (unpaired) electrons. The van der Waals surface area contributed by atoms with Crippen molar-refractivity contribution in [3.05, 3.63) is 78.4 Å². The van der Waals surface area contributed by atoms with Crippen LogP contribution in [-0.2, 0) is 14.8 Å². The van der Waals surface area contributed by atoms with E-state index < -0.39 is 22.0 Å². The molecule has 2 N–H and O–H groups in total. The Morgan fingerprint density at radius 3 is 2.13 bits per heavy atom. The maximum Gasteiger partial charge on any atom is 0.242 e. The summed E-state index contributed by atoms with van der Waals surface area (Å²) < 4.78 is 38.4. The zero-order valence-corrected chi connectivity index (χ0v) is 18.3. The van der Waals surface area contributed by atoms with Crippen LogP contribution in [0.15, 0.2) is 77.7 Å². The molecule has 0 spiro atoms. The number of nitrogens with one attached hydrogen (secondary N) is 2. The Balaban J connectivity index is 1.61. The molecule has 0 unspecified atom stereocenters. The van der Waals surface area contributed by atoms with Gasteiger partial charge < -0.3 is 14.8 Å². The standard InChI is InChI=1S/C23H24N2O5S/c1-16-8-14-20(15-9-16)31(27,28)25-17(2)23(26)24-18-10-12-19(13-11-18)30-22-7-5-4-6-21(22)29-3/h4-15,17,25H,1-3H3,(H,24,26)/t17-/m0/s1. The summed E-state index contributed by atoms with van der Waals surface area (Å²) in [4.78, 5) is 12.6. The molecule has 0 aliphatic carbocycles. The molecule has 0 aliphatic heterocycles. The van der Waals surface area contributed by atoms with Gasteiger partial charge in [0.25, 0.3) is 0 Å². The summed E-state index contributed by atoms with van der Waals surface area (Å²) in [5.41, 5.74) is 1.46. The van der Waals surface area contributed by atoms with E-state index in [2.05, 4.69) is 10.0 Å². The van der Waals surface area contributed by atoms with Crippen molar-refractivity contribution in [1.29, 1.82) is 0 Å². The van der Waals surface area contributed by atoms with E-state index in [0.717, 1.165) is 5.56 Å². The van der Waals surface area contributed by atoms with Crippen LogP contribution < -0.4 is 19.5 Å². The molecule has 1 atom stereocenters. The highest BCUT2D eigenvalue weighted by Gasteiger charge is 2.22. The van der Waals surface area contributed by atoms with E-state index in [-0.39, 0.29) is 4.90 Å². The highest BCUT2D eigenvalue weighted by Crippen LogP contribution is 2.31. The third-order valence-electron chi connectivity index (χ3n) is 4.48. The number of methoxy groups -OCH3 is 1. The first kappa shape index (κ1) is 22.3. The van der Waals surface area contributed by atoms with Crippen molar-refractivity contribution in [2.24, 2.45) is 0 Å². The quantitative estimate of drug-likeness (QED) is 0.550. The number of hydrogen-bond acceptors (Lipinski definition) is 5. The van der Waals surface area contributed by atoms with Crippen LogP contribution in [0.4, 0.5) is 5.69 Å². The molecule has 7 nitrogen and oxygen atoms in total. The summed E-state index contributed by atoms with van der Waals surface area (Å²) in [6, 6.07) is 19.5. The second-order valence-corrected chi connectivity index (χ2v) is 8.64. The summed E-state index contributed by atoms with van der Waals surface area (Å²) in [7, 11) is -2.24. The number of hydrogen-bond donors (Lipinski definition) is 2. The van der Waals surface area contributed by atoms with Gasteiger partial charge in [-0.2, -0.15) is 4.72 Å². The number of benzene rings is 3. The summed E-state index contributed by atoms with van der Waals surface area (Å²) in [6.07, 6.45) is 0. The Bertz CT molecular complexity index is 1140. The summed E-state index contributed by atoms with van der Waals surface area (Å²) in [5.74, 6) is 1.26. The molecule has 31 heavy (non-hydrogen) atoms. The lowest BCUT2D eigenvalue weighted by Crippen LogP contribution is -2.41. The van der Waals surface area contributed by atoms with E-state index >= 15 is 0 Å². The van der Waals surface area contributed by atoms with Crippen LogP contribution in [0.3, 0.4) is 0 Å². The van der Waals surface area contributed by atoms with Crippen LogP contribution in [0.25, 0.3) is 0 Å². The van der Waals surface area contributed by atoms with E-state index in [0.29, 0.717) is 22.9 Å². The fourth-order valence-electron chi connectivity index (χ4n) is 2.76. The van der Waals surface area contributed by atoms with Gasteiger partial charge in [0.15, 0.2) is 11.5 Å². The minimum absolute atomic E-state index is 0.107. The number of rotatable bonds is 8. The number of anilines is 1. The minimum Gasteiger partial charge on any atom is -0.493 e. The average molecular weight is 441 g/mol. The second-order valence-electron chi connectivity index (χ2n) is 6.92. The Hall–Kier alpha value is -3.36. The predicted molar refractivity (Wildman–Crippen MR) is 119 cm³/mol. The molecule has 8 heteroatoms. The average Bonchev–Trinajstić information content (AvgIpc) is 2.75. The van der Waals surface area contributed by atoms with Crippen LogP contribution in [0.2, 0.25) is 0 Å². The zero-order valence-electron chi connectivity index (χ0n) is 17.5. The van der Waals surface area contributed by atoms with E-state index in [1.807, 2.05) is 19.1 Å². The first-order valence-corrected chi connectivity index (χ1v) is 11.1. The Morgan fingerprint density at radius 2 is 1.52 bits per heavy atom. The maximum absolute atomic E-state index is 12.5. The fourth-order valence-corrected chi connectivity index (χ4v) is 3.96. The molecule has 0 fully saturated rings. The molecule has 3 aromatic carbocycles. The first-order valence-electron chi connectivity index (χ1n) is 9.59. The Kier molecular flexibility index (Phi) is 6.94. The highest BCUT2D eigenvalue weighted by atomic mass is 32.2. The van der Waals surface area contributed by atoms with Crippen LogP contribution >= 0.6 is 0 Å². The van der Waals surface area contributed by atoms with E-state index in [4.69, 9.17) is 9.47 Å². The molecule has 0 saturated heterocycles. The first-order chi connectivity index (χ1) is 14.8. The molecule has 0 aliphatic rings. The molecule has 3 aromatic rings. The van der Waals surface area contributed by atoms with Crippen molar-refractivity contribution in [1.82, 2.24) is 4.72 Å². The molecule has 1 amide bonds. The van der Waals surface area contributed by atoms with Crippen molar-refractivity contribution in [2.75, 3.05) is 12.4 Å². The van der Waals surface area contributed by atoms with Gasteiger partial charge in [-0.15, -0.1) is 0 Å². The van der Waals surface area contributed by atoms with E-state index in [9.17, 15) is 13.2 Å². The fraction of sp³-hybridized carbons (Fsp3) is 0.174. The summed E-state index contributed by atoms with van der Waals surface area (Å²) in [6.45, 7) is 3.35. The lowest BCUT2D eigenvalue weighted by Gasteiger charge is -2.15. The van der Waals surface area contributed by atoms with Crippen LogP contribution in [0, 0.1) is 6.92 Å². The number of ether oxygens (including phenoxy) is 2. The van der Waals surface area contributed by atoms with Crippen LogP contribution in [0.1, 0.15) is 12.5 Å². The maximum atomic E-state index is 12.5. The number of carbonyl (C=O) groups is 1. The SMILES string of the molecule is COc1ccccc1Oc1ccc(NC(=O)[C@H](C)NS(=O)(=O)c2ccc(C)cc2)cc1. The minimum atomic E-state index is -3.80. The molecule has 162 valence electrons. The Morgan fingerprint density at radius 1 is 0.903 bits per heavy atom. The van der Waals surface area contributed by atoms with Gasteiger partial charge in [0, 0.05) is 5.69 Å². The van der Waals surface area contributed by atoms with Crippen LogP contribution in [-0.4, -0.2) is 27.5 Å². The number of amides is 1. The van der Waals surface area contributed by atoms with Gasteiger partial charge >= 0.3 is 0 Å². The van der Waals surface area contributed by atoms with Crippen LogP contribution in [0.5, 0.6) is 17.2 Å². The molecule has 0 aromatic heterocycles. The third-order valence-corrected chi connectivity index (χ3v) is 6.03. The van der Waals surface area contributed by atoms with Gasteiger partial charge in [-0.05, 0) is 62.4 Å². The molecule has 0 saturated carbocycles. The largest absolute Gasteiger partial charge is 0.493 e. The topological polar surface area (TPSA) is 93.7 Å². The van der Waals surface area contributed by atoms with Gasteiger partial charge in [0.05, 0.1) is 18.0 Å². The van der Waals surface area contributed by atoms with Crippen molar-refractivity contribution < 1.29 is 22.7 Å². The molecule has 3 rings (SSSR count). The molecule has 0 heterocycles. The van der Waals surface area contributed by atoms with Crippen molar-refractivity contribution in [2.45, 2.75) is 24.8 Å². The monoisotopic (exact) mass is 440 g/mol. The Labute approximate surface area is 182 Å². The predicted octanol–water partition coefficient (Wildman–Crippen LogP) is 4.10. The third kappa shape index (κ3) is 5.84. The number of sulfonamides is 1. The molecular weight excluding hydrogens is 416 g/mol. The number of carbonyl (C=O) groups excluding carboxylic acids is 1. The van der Waals surface area contributed by atoms with Gasteiger partial charge in [0.1, 0.15) is 5.75 Å². The zero-order chi connectivity index (χ0) is 22.4. The number of para-hydroxylation sites is 2. The van der Waals surface area contributed by atoms with E-state index in [1.54, 1.807) is 55.6 Å². The molecular formula is C23H24N2O5S. The molecule has 0 bridgehead atoms. The smallest absolute Gasteiger partial charge is 0.242 e. The van der Waals surface area contributed by atoms with Crippen molar-refractivity contribution in [3.8, 4) is 17.2 Å². The normalized spacial score (nSPS) is 12.1. The van der Waals surface area contributed by atoms with Gasteiger partial charge in [0.2, 0.25) is 15.9 Å². The lowest BCUT2D eigenvalue weighted by molar-refractivity contribution is -0.117. The van der Waals surface area contributed by atoms with E-state index in [1.165, 1.54) is 19.1 Å². The van der Waals surface area contributed by atoms with Gasteiger partial charge in [-0.25, -0.2) is 8.42 Å². The van der Waals surface area contributed by atoms with Crippen molar-refractivity contribution in [3.63, 3.8) is 0 Å². The van der Waals surface area contributed by atoms with Crippen molar-refractivity contribution >= 4 is 21.6 Å². The second kappa shape index (κ2) is 9.63. The summed E-state index contributed by atoms with van der Waals surface area (Å²) in [5, 5.41) is 2.69. The van der Waals surface area contributed by atoms with Gasteiger partial charge in [-0.3, -0.25) is 4.79 Å². The number of aryl methyl sites for hydroxylation is 1.